The Morgan fingerprint density at radius 2 is 2.24 bits per heavy atom. The Kier molecular flexibility index (Phi) is 3.35. The van der Waals surface area contributed by atoms with E-state index >= 15 is 0 Å². The van der Waals surface area contributed by atoms with Crippen molar-refractivity contribution in [2.75, 3.05) is 12.5 Å². The van der Waals surface area contributed by atoms with E-state index < -0.39 is 0 Å². The largest absolute Gasteiger partial charge is 0.467 e. The smallest absolute Gasteiger partial charge is 0.322 e. The first-order valence-electron chi connectivity index (χ1n) is 4.51. The van der Waals surface area contributed by atoms with Crippen molar-refractivity contribution < 1.29 is 4.74 Å². The molecule has 0 bridgehead atoms. The number of nitrogens with one attached hydrogen (secondary N) is 1. The number of hydrogen-bond acceptors (Lipinski definition) is 9. The molecule has 2 aromatic heterocycles. The average Bonchev–Trinajstić information content (AvgIpc) is 2.74. The minimum absolute atomic E-state index is 0.178. The number of aryl methyl sites for hydroxylation is 1. The normalized spacial score (nSPS) is 10.3. The quantitative estimate of drug-likeness (QED) is 0.547. The van der Waals surface area contributed by atoms with E-state index in [0.717, 1.165) is 0 Å². The Hall–Kier alpha value is -1.94. The van der Waals surface area contributed by atoms with Gasteiger partial charge in [0.1, 0.15) is 6.33 Å². The molecule has 2 heterocycles. The summed E-state index contributed by atoms with van der Waals surface area (Å²) in [5.74, 6) is 5.47. The topological polar surface area (TPSA) is 117 Å². The van der Waals surface area contributed by atoms with Gasteiger partial charge < -0.3 is 4.74 Å². The Morgan fingerprint density at radius 3 is 2.82 bits per heavy atom. The van der Waals surface area contributed by atoms with Crippen LogP contribution in [0.2, 0.25) is 0 Å². The number of rotatable bonds is 4. The predicted octanol–water partition coefficient (Wildman–Crippen LogP) is -0.555. The molecule has 10 heteroatoms. The monoisotopic (exact) mass is 254 g/mol. The first-order valence-corrected chi connectivity index (χ1v) is 5.33. The number of methoxy groups -OCH3 is 1. The third kappa shape index (κ3) is 2.60. The van der Waals surface area contributed by atoms with Gasteiger partial charge in [0.05, 0.1) is 7.11 Å². The lowest BCUT2D eigenvalue weighted by Gasteiger charge is -2.04. The van der Waals surface area contributed by atoms with E-state index in [9.17, 15) is 0 Å². The third-order valence-corrected chi connectivity index (χ3v) is 2.68. The van der Waals surface area contributed by atoms with E-state index in [1.54, 1.807) is 11.7 Å². The molecule has 0 aliphatic carbocycles. The molecule has 0 spiro atoms. The number of nitrogens with two attached hydrogens (primary N) is 1. The van der Waals surface area contributed by atoms with Crippen LogP contribution in [0.4, 0.5) is 5.95 Å². The van der Waals surface area contributed by atoms with Crippen LogP contribution in [0.5, 0.6) is 6.01 Å². The van der Waals surface area contributed by atoms with E-state index in [1.807, 2.05) is 0 Å². The van der Waals surface area contributed by atoms with Crippen molar-refractivity contribution in [1.82, 2.24) is 29.7 Å². The molecule has 0 atom stereocenters. The lowest BCUT2D eigenvalue weighted by atomic mass is 10.9. The molecule has 0 aliphatic heterocycles. The van der Waals surface area contributed by atoms with Crippen LogP contribution in [0.15, 0.2) is 16.6 Å². The summed E-state index contributed by atoms with van der Waals surface area (Å²) in [5, 5.41) is 5.01. The molecule has 17 heavy (non-hydrogen) atoms. The molecule has 0 aliphatic rings. The Balaban J connectivity index is 2.29. The van der Waals surface area contributed by atoms with Gasteiger partial charge in [0, 0.05) is 7.05 Å². The van der Waals surface area contributed by atoms with Gasteiger partial charge in [-0.05, 0) is 11.8 Å². The van der Waals surface area contributed by atoms with E-state index in [0.29, 0.717) is 10.3 Å². The maximum absolute atomic E-state index is 5.24. The van der Waals surface area contributed by atoms with Crippen molar-refractivity contribution >= 4 is 17.7 Å². The van der Waals surface area contributed by atoms with Crippen molar-refractivity contribution in [1.29, 1.82) is 0 Å². The number of aromatic nitrogens is 6. The zero-order valence-corrected chi connectivity index (χ0v) is 9.97. The average molecular weight is 254 g/mol. The van der Waals surface area contributed by atoms with Crippen molar-refractivity contribution in [3.05, 3.63) is 6.33 Å². The molecule has 9 nitrogen and oxygen atoms in total. The van der Waals surface area contributed by atoms with Gasteiger partial charge in [0.25, 0.3) is 0 Å². The molecule has 2 aromatic rings. The molecule has 0 radical (unpaired) electrons. The fourth-order valence-corrected chi connectivity index (χ4v) is 1.70. The van der Waals surface area contributed by atoms with Crippen LogP contribution in [0.25, 0.3) is 0 Å². The van der Waals surface area contributed by atoms with E-state index in [1.165, 1.54) is 25.2 Å². The molecule has 3 N–H and O–H groups in total. The zero-order valence-electron chi connectivity index (χ0n) is 9.15. The van der Waals surface area contributed by atoms with Crippen LogP contribution < -0.4 is 16.0 Å². The second kappa shape index (κ2) is 4.93. The Bertz CT molecular complexity index is 492. The summed E-state index contributed by atoms with van der Waals surface area (Å²) in [4.78, 5) is 16.0. The van der Waals surface area contributed by atoms with Crippen LogP contribution in [-0.2, 0) is 7.05 Å². The Labute approximate surface area is 101 Å². The minimum atomic E-state index is 0.178. The fraction of sp³-hybridized carbons (Fsp3) is 0.286. The second-order valence-electron chi connectivity index (χ2n) is 2.84. The first kappa shape index (κ1) is 11.5. The summed E-state index contributed by atoms with van der Waals surface area (Å²) >= 11 is 1.23. The summed E-state index contributed by atoms with van der Waals surface area (Å²) in [6.45, 7) is 0. The van der Waals surface area contributed by atoms with Gasteiger partial charge in [-0.1, -0.05) is 0 Å². The van der Waals surface area contributed by atoms with Crippen LogP contribution in [0, 0.1) is 0 Å². The summed E-state index contributed by atoms with van der Waals surface area (Å²) in [5.41, 5.74) is 2.34. The molecule has 0 saturated carbocycles. The van der Waals surface area contributed by atoms with Crippen molar-refractivity contribution in [3.8, 4) is 6.01 Å². The summed E-state index contributed by atoms with van der Waals surface area (Å²) in [6, 6.07) is 0.178. The highest BCUT2D eigenvalue weighted by Crippen LogP contribution is 2.23. The molecule has 0 amide bonds. The van der Waals surface area contributed by atoms with Crippen LogP contribution >= 0.6 is 11.8 Å². The number of anilines is 1. The van der Waals surface area contributed by atoms with Gasteiger partial charge in [-0.15, -0.1) is 0 Å². The fourth-order valence-electron chi connectivity index (χ4n) is 0.999. The molecule has 2 rings (SSSR count). The van der Waals surface area contributed by atoms with Crippen molar-refractivity contribution in [2.45, 2.75) is 10.3 Å². The first-order chi connectivity index (χ1) is 8.22. The van der Waals surface area contributed by atoms with Gasteiger partial charge in [0.15, 0.2) is 5.16 Å². The molecule has 0 saturated heterocycles. The lowest BCUT2D eigenvalue weighted by molar-refractivity contribution is 0.373. The van der Waals surface area contributed by atoms with Gasteiger partial charge >= 0.3 is 6.01 Å². The lowest BCUT2D eigenvalue weighted by Crippen LogP contribution is -2.12. The number of hydrogen-bond donors (Lipinski definition) is 2. The molecular formula is C7H10N8OS. The number of nitrogen functional groups attached to an aromatic ring is 1. The van der Waals surface area contributed by atoms with E-state index in [-0.39, 0.29) is 12.0 Å². The maximum Gasteiger partial charge on any atom is 0.322 e. The van der Waals surface area contributed by atoms with Crippen molar-refractivity contribution in [3.63, 3.8) is 0 Å². The molecule has 0 aromatic carbocycles. The SMILES string of the molecule is COc1nc(NN)nc(Sc2ncnn2C)n1. The van der Waals surface area contributed by atoms with Crippen LogP contribution in [0.3, 0.4) is 0 Å². The summed E-state index contributed by atoms with van der Waals surface area (Å²) in [7, 11) is 3.24. The highest BCUT2D eigenvalue weighted by atomic mass is 32.2. The van der Waals surface area contributed by atoms with Gasteiger partial charge in [-0.25, -0.2) is 15.5 Å². The van der Waals surface area contributed by atoms with Gasteiger partial charge in [-0.3, -0.25) is 5.43 Å². The third-order valence-electron chi connectivity index (χ3n) is 1.76. The van der Waals surface area contributed by atoms with Gasteiger partial charge in [0.2, 0.25) is 11.1 Å². The summed E-state index contributed by atoms with van der Waals surface area (Å²) < 4.78 is 6.54. The van der Waals surface area contributed by atoms with Crippen LogP contribution in [-0.4, -0.2) is 36.8 Å². The summed E-state index contributed by atoms with van der Waals surface area (Å²) in [6.07, 6.45) is 1.45. The number of nitrogens with zero attached hydrogens (tertiary/aromatic N) is 6. The molecule has 90 valence electrons. The zero-order chi connectivity index (χ0) is 12.3. The number of ether oxygens (including phenoxy) is 1. The Morgan fingerprint density at radius 1 is 1.41 bits per heavy atom. The maximum atomic E-state index is 5.24. The van der Waals surface area contributed by atoms with E-state index in [4.69, 9.17) is 10.6 Å². The number of hydrazine groups is 1. The molecular weight excluding hydrogens is 244 g/mol. The standard InChI is InChI=1S/C7H10N8OS/c1-15-7(9-3-10-15)17-6-12-4(14-8)11-5(13-6)16-2/h3H,8H2,1-2H3,(H,11,12,13,14). The highest BCUT2D eigenvalue weighted by molar-refractivity contribution is 7.99. The molecule has 0 fully saturated rings. The van der Waals surface area contributed by atoms with E-state index in [2.05, 4.69) is 30.5 Å². The van der Waals surface area contributed by atoms with Gasteiger partial charge in [-0.2, -0.15) is 20.1 Å². The van der Waals surface area contributed by atoms with Crippen LogP contribution in [0.1, 0.15) is 0 Å². The second-order valence-corrected chi connectivity index (χ2v) is 3.78. The minimum Gasteiger partial charge on any atom is -0.467 e. The predicted molar refractivity (Wildman–Crippen MR) is 59.3 cm³/mol. The molecule has 0 unspecified atom stereocenters. The van der Waals surface area contributed by atoms with Crippen molar-refractivity contribution in [2.24, 2.45) is 12.9 Å². The highest BCUT2D eigenvalue weighted by Gasteiger charge is 2.10.